The van der Waals surface area contributed by atoms with E-state index in [0.717, 1.165) is 0 Å². The summed E-state index contributed by atoms with van der Waals surface area (Å²) in [6, 6.07) is 1.69. The Morgan fingerprint density at radius 3 is 2.50 bits per heavy atom. The number of phenolic OH excluding ortho intramolecular Hbond substituents is 1. The number of aromatic hydroxyl groups is 1. The molecule has 5 heteroatoms. The van der Waals surface area contributed by atoms with Gasteiger partial charge in [-0.3, -0.25) is 0 Å². The van der Waals surface area contributed by atoms with Gasteiger partial charge in [0.1, 0.15) is 10.8 Å². The van der Waals surface area contributed by atoms with Crippen LogP contribution in [0.4, 0.5) is 0 Å². The molecule has 0 aromatic heterocycles. The van der Waals surface area contributed by atoms with Crippen LogP contribution in [0.2, 0.25) is 5.02 Å². The Morgan fingerprint density at radius 2 is 2.06 bits per heavy atom. The second-order valence-electron chi connectivity index (χ2n) is 3.50. The Balaban J connectivity index is 3.38. The number of benzene rings is 1. The Labute approximate surface area is 99.9 Å². The van der Waals surface area contributed by atoms with Gasteiger partial charge in [0.15, 0.2) is 11.5 Å². The van der Waals surface area contributed by atoms with Crippen LogP contribution in [0.15, 0.2) is 6.07 Å². The predicted molar refractivity (Wildman–Crippen MR) is 63.7 cm³/mol. The van der Waals surface area contributed by atoms with Crippen LogP contribution in [0.5, 0.6) is 17.2 Å². The molecule has 16 heavy (non-hydrogen) atoms. The number of hydrogen-bond donors (Lipinski definition) is 2. The van der Waals surface area contributed by atoms with Gasteiger partial charge in [-0.25, -0.2) is 0 Å². The number of hydrogen-bond acceptors (Lipinski definition) is 4. The summed E-state index contributed by atoms with van der Waals surface area (Å²) in [6.07, 6.45) is 0. The van der Waals surface area contributed by atoms with Crippen molar-refractivity contribution in [2.45, 2.75) is 12.8 Å². The van der Waals surface area contributed by atoms with E-state index < -0.39 is 0 Å². The normalized spacial score (nSPS) is 12.3. The third-order valence-corrected chi connectivity index (χ3v) is 2.85. The fourth-order valence-electron chi connectivity index (χ4n) is 1.46. The SMILES string of the molecule is COc1cc(C(C)CN)c(O)c(Cl)c1OC. The molecule has 0 saturated heterocycles. The topological polar surface area (TPSA) is 64.7 Å². The molecule has 0 amide bonds. The van der Waals surface area contributed by atoms with Crippen LogP contribution in [-0.2, 0) is 0 Å². The van der Waals surface area contributed by atoms with E-state index in [4.69, 9.17) is 26.8 Å². The number of nitrogens with two attached hydrogens (primary N) is 1. The first-order valence-corrected chi connectivity index (χ1v) is 5.28. The zero-order valence-electron chi connectivity index (χ0n) is 9.58. The summed E-state index contributed by atoms with van der Waals surface area (Å²) in [6.45, 7) is 2.32. The Kier molecular flexibility index (Phi) is 4.26. The third-order valence-electron chi connectivity index (χ3n) is 2.50. The van der Waals surface area contributed by atoms with Crippen LogP contribution in [0.25, 0.3) is 0 Å². The second kappa shape index (κ2) is 5.27. The summed E-state index contributed by atoms with van der Waals surface area (Å²) in [5.74, 6) is 0.810. The zero-order valence-corrected chi connectivity index (χ0v) is 10.3. The summed E-state index contributed by atoms with van der Waals surface area (Å²) >= 11 is 5.99. The van der Waals surface area contributed by atoms with Gasteiger partial charge in [0, 0.05) is 5.56 Å². The molecule has 0 saturated carbocycles. The third kappa shape index (κ3) is 2.18. The predicted octanol–water partition coefficient (Wildman–Crippen LogP) is 2.12. The van der Waals surface area contributed by atoms with Gasteiger partial charge in [-0.1, -0.05) is 18.5 Å². The first kappa shape index (κ1) is 12.9. The van der Waals surface area contributed by atoms with Crippen LogP contribution in [0, 0.1) is 0 Å². The van der Waals surface area contributed by atoms with Gasteiger partial charge in [0.25, 0.3) is 0 Å². The molecule has 0 fully saturated rings. The van der Waals surface area contributed by atoms with E-state index in [9.17, 15) is 5.11 Å². The molecule has 0 heterocycles. The number of methoxy groups -OCH3 is 2. The van der Waals surface area contributed by atoms with E-state index in [-0.39, 0.29) is 16.7 Å². The van der Waals surface area contributed by atoms with Crippen molar-refractivity contribution in [1.82, 2.24) is 0 Å². The molecule has 0 aliphatic rings. The van der Waals surface area contributed by atoms with Crippen LogP contribution < -0.4 is 15.2 Å². The van der Waals surface area contributed by atoms with E-state index in [1.165, 1.54) is 14.2 Å². The highest BCUT2D eigenvalue weighted by atomic mass is 35.5. The van der Waals surface area contributed by atoms with E-state index in [0.29, 0.717) is 23.6 Å². The molecule has 90 valence electrons. The van der Waals surface area contributed by atoms with Gasteiger partial charge in [0.05, 0.1) is 14.2 Å². The number of rotatable bonds is 4. The van der Waals surface area contributed by atoms with E-state index in [2.05, 4.69) is 0 Å². The monoisotopic (exact) mass is 245 g/mol. The summed E-state index contributed by atoms with van der Waals surface area (Å²) in [5.41, 5.74) is 6.22. The van der Waals surface area contributed by atoms with Crippen LogP contribution in [0.3, 0.4) is 0 Å². The highest BCUT2D eigenvalue weighted by Gasteiger charge is 2.20. The van der Waals surface area contributed by atoms with Crippen molar-refractivity contribution in [3.63, 3.8) is 0 Å². The largest absolute Gasteiger partial charge is 0.506 e. The first-order chi connectivity index (χ1) is 7.56. The average Bonchev–Trinajstić information content (AvgIpc) is 2.31. The minimum atomic E-state index is -0.00253. The number of halogens is 1. The minimum Gasteiger partial charge on any atom is -0.506 e. The molecule has 4 nitrogen and oxygen atoms in total. The van der Waals surface area contributed by atoms with Crippen molar-refractivity contribution in [3.05, 3.63) is 16.7 Å². The average molecular weight is 246 g/mol. The molecular formula is C11H16ClNO3. The molecule has 0 aliphatic carbocycles. The number of phenols is 1. The highest BCUT2D eigenvalue weighted by Crippen LogP contribution is 2.45. The van der Waals surface area contributed by atoms with E-state index in [1.54, 1.807) is 6.07 Å². The van der Waals surface area contributed by atoms with Gasteiger partial charge >= 0.3 is 0 Å². The summed E-state index contributed by atoms with van der Waals surface area (Å²) < 4.78 is 10.2. The molecule has 3 N–H and O–H groups in total. The quantitative estimate of drug-likeness (QED) is 0.853. The molecular weight excluding hydrogens is 230 g/mol. The zero-order chi connectivity index (χ0) is 12.3. The van der Waals surface area contributed by atoms with E-state index in [1.807, 2.05) is 6.92 Å². The maximum Gasteiger partial charge on any atom is 0.183 e. The molecule has 1 unspecified atom stereocenters. The lowest BCUT2D eigenvalue weighted by atomic mass is 9.99. The summed E-state index contributed by atoms with van der Waals surface area (Å²) in [5, 5.41) is 10.1. The molecule has 1 rings (SSSR count). The van der Waals surface area contributed by atoms with Gasteiger partial charge in [-0.15, -0.1) is 0 Å². The van der Waals surface area contributed by atoms with Crippen molar-refractivity contribution in [2.24, 2.45) is 5.73 Å². The maximum absolute atomic E-state index is 9.91. The fourth-order valence-corrected chi connectivity index (χ4v) is 1.74. The standard InChI is InChI=1S/C11H16ClNO3/c1-6(5-13)7-4-8(15-2)11(16-3)9(12)10(7)14/h4,6,14H,5,13H2,1-3H3. The first-order valence-electron chi connectivity index (χ1n) is 4.90. The number of ether oxygens (including phenoxy) is 2. The molecule has 1 aromatic rings. The van der Waals surface area contributed by atoms with Crippen molar-refractivity contribution in [1.29, 1.82) is 0 Å². The lowest BCUT2D eigenvalue weighted by Crippen LogP contribution is -2.09. The Hall–Kier alpha value is -1.13. The van der Waals surface area contributed by atoms with Crippen LogP contribution in [0.1, 0.15) is 18.4 Å². The molecule has 0 spiro atoms. The molecule has 0 radical (unpaired) electrons. The van der Waals surface area contributed by atoms with E-state index >= 15 is 0 Å². The molecule has 0 aliphatic heterocycles. The maximum atomic E-state index is 9.91. The molecule has 0 bridgehead atoms. The lowest BCUT2D eigenvalue weighted by Gasteiger charge is -2.17. The second-order valence-corrected chi connectivity index (χ2v) is 3.88. The van der Waals surface area contributed by atoms with Gasteiger partial charge in [0.2, 0.25) is 0 Å². The summed E-state index contributed by atoms with van der Waals surface area (Å²) in [4.78, 5) is 0. The van der Waals surface area contributed by atoms with Crippen molar-refractivity contribution in [2.75, 3.05) is 20.8 Å². The highest BCUT2D eigenvalue weighted by molar-refractivity contribution is 6.33. The lowest BCUT2D eigenvalue weighted by molar-refractivity contribution is 0.350. The van der Waals surface area contributed by atoms with Crippen molar-refractivity contribution in [3.8, 4) is 17.2 Å². The molecule has 1 atom stereocenters. The van der Waals surface area contributed by atoms with Crippen LogP contribution in [-0.4, -0.2) is 25.9 Å². The summed E-state index contributed by atoms with van der Waals surface area (Å²) in [7, 11) is 2.98. The fraction of sp³-hybridized carbons (Fsp3) is 0.455. The van der Waals surface area contributed by atoms with Gasteiger partial charge in [-0.2, -0.15) is 0 Å². The van der Waals surface area contributed by atoms with Crippen LogP contribution >= 0.6 is 11.6 Å². The van der Waals surface area contributed by atoms with Crippen molar-refractivity contribution < 1.29 is 14.6 Å². The minimum absolute atomic E-state index is 0.00249. The Morgan fingerprint density at radius 1 is 1.44 bits per heavy atom. The molecule has 1 aromatic carbocycles. The Bertz CT molecular complexity index is 382. The van der Waals surface area contributed by atoms with Gasteiger partial charge in [-0.05, 0) is 18.5 Å². The smallest absolute Gasteiger partial charge is 0.183 e. The van der Waals surface area contributed by atoms with Crippen molar-refractivity contribution >= 4 is 11.6 Å². The van der Waals surface area contributed by atoms with Gasteiger partial charge < -0.3 is 20.3 Å².